The Morgan fingerprint density at radius 2 is 2.56 bits per heavy atom. The van der Waals surface area contributed by atoms with Gasteiger partial charge in [-0.2, -0.15) is 0 Å². The van der Waals surface area contributed by atoms with Gasteiger partial charge in [-0.15, -0.1) is 0 Å². The van der Waals surface area contributed by atoms with Crippen molar-refractivity contribution in [2.45, 2.75) is 6.42 Å². The SMILES string of the molecule is C1=CC2=CCCN2C=N1. The molecule has 2 aliphatic heterocycles. The summed E-state index contributed by atoms with van der Waals surface area (Å²) in [7, 11) is 0. The van der Waals surface area contributed by atoms with Crippen molar-refractivity contribution in [1.82, 2.24) is 4.90 Å². The summed E-state index contributed by atoms with van der Waals surface area (Å²) in [5.74, 6) is 0. The van der Waals surface area contributed by atoms with Crippen LogP contribution in [0.15, 0.2) is 29.0 Å². The van der Waals surface area contributed by atoms with Crippen LogP contribution in [0.25, 0.3) is 0 Å². The number of hydrogen-bond donors (Lipinski definition) is 0. The van der Waals surface area contributed by atoms with E-state index in [1.807, 2.05) is 18.6 Å². The summed E-state index contributed by atoms with van der Waals surface area (Å²) in [6.45, 7) is 1.10. The van der Waals surface area contributed by atoms with Gasteiger partial charge in [0.25, 0.3) is 0 Å². The molecule has 0 aromatic rings. The second kappa shape index (κ2) is 1.72. The van der Waals surface area contributed by atoms with Crippen molar-refractivity contribution in [2.24, 2.45) is 4.99 Å². The standard InChI is InChI=1S/C7H8N2/c1-2-7-3-4-8-6-9(7)5-1/h2-4,6H,1,5H2. The van der Waals surface area contributed by atoms with Gasteiger partial charge in [0.1, 0.15) is 0 Å². The third-order valence-corrected chi connectivity index (χ3v) is 1.59. The second-order valence-electron chi connectivity index (χ2n) is 2.19. The monoisotopic (exact) mass is 120 g/mol. The summed E-state index contributed by atoms with van der Waals surface area (Å²) in [5, 5.41) is 0. The molecule has 46 valence electrons. The predicted octanol–water partition coefficient (Wildman–Crippen LogP) is 1.13. The van der Waals surface area contributed by atoms with Gasteiger partial charge in [0, 0.05) is 18.4 Å². The van der Waals surface area contributed by atoms with Crippen molar-refractivity contribution in [3.05, 3.63) is 24.0 Å². The zero-order valence-corrected chi connectivity index (χ0v) is 5.12. The van der Waals surface area contributed by atoms with Crippen LogP contribution in [0.5, 0.6) is 0 Å². The topological polar surface area (TPSA) is 15.6 Å². The Kier molecular flexibility index (Phi) is 0.918. The largest absolute Gasteiger partial charge is 0.332 e. The Labute approximate surface area is 54.2 Å². The van der Waals surface area contributed by atoms with E-state index < -0.39 is 0 Å². The van der Waals surface area contributed by atoms with Gasteiger partial charge in [-0.3, -0.25) is 0 Å². The van der Waals surface area contributed by atoms with Crippen LogP contribution in [0.2, 0.25) is 0 Å². The number of nitrogens with zero attached hydrogens (tertiary/aromatic N) is 2. The summed E-state index contributed by atoms with van der Waals surface area (Å²) >= 11 is 0. The fourth-order valence-electron chi connectivity index (χ4n) is 1.12. The van der Waals surface area contributed by atoms with Gasteiger partial charge in [0.15, 0.2) is 0 Å². The normalized spacial score (nSPS) is 22.2. The summed E-state index contributed by atoms with van der Waals surface area (Å²) < 4.78 is 0. The van der Waals surface area contributed by atoms with Crippen molar-refractivity contribution in [2.75, 3.05) is 6.54 Å². The van der Waals surface area contributed by atoms with Crippen molar-refractivity contribution in [3.8, 4) is 0 Å². The van der Waals surface area contributed by atoms with E-state index in [9.17, 15) is 0 Å². The molecular weight excluding hydrogens is 112 g/mol. The van der Waals surface area contributed by atoms with Gasteiger partial charge in [-0.05, 0) is 12.5 Å². The molecule has 0 saturated carbocycles. The van der Waals surface area contributed by atoms with Gasteiger partial charge >= 0.3 is 0 Å². The molecule has 0 N–H and O–H groups in total. The number of hydrogen-bond acceptors (Lipinski definition) is 2. The highest BCUT2D eigenvalue weighted by Crippen LogP contribution is 2.15. The lowest BCUT2D eigenvalue weighted by Gasteiger charge is -2.15. The molecule has 2 nitrogen and oxygen atoms in total. The molecule has 9 heavy (non-hydrogen) atoms. The molecule has 0 saturated heterocycles. The molecule has 0 spiro atoms. The highest BCUT2D eigenvalue weighted by Gasteiger charge is 2.10. The molecule has 0 aromatic carbocycles. The number of rotatable bonds is 0. The average molecular weight is 120 g/mol. The molecule has 0 aliphatic carbocycles. The molecule has 0 bridgehead atoms. The highest BCUT2D eigenvalue weighted by molar-refractivity contribution is 5.63. The first-order valence-electron chi connectivity index (χ1n) is 3.13. The van der Waals surface area contributed by atoms with Crippen molar-refractivity contribution in [3.63, 3.8) is 0 Å². The molecule has 2 heterocycles. The van der Waals surface area contributed by atoms with Gasteiger partial charge in [-0.1, -0.05) is 6.08 Å². The third-order valence-electron chi connectivity index (χ3n) is 1.59. The van der Waals surface area contributed by atoms with E-state index >= 15 is 0 Å². The van der Waals surface area contributed by atoms with Crippen LogP contribution in [-0.4, -0.2) is 17.8 Å². The molecular formula is C7H8N2. The Morgan fingerprint density at radius 3 is 3.44 bits per heavy atom. The summed E-state index contributed by atoms with van der Waals surface area (Å²) in [6.07, 6.45) is 9.12. The molecule has 0 atom stereocenters. The van der Waals surface area contributed by atoms with E-state index in [1.54, 1.807) is 0 Å². The predicted molar refractivity (Wildman–Crippen MR) is 37.0 cm³/mol. The summed E-state index contributed by atoms with van der Waals surface area (Å²) in [5.41, 5.74) is 1.30. The second-order valence-corrected chi connectivity index (χ2v) is 2.19. The molecule has 0 fully saturated rings. The number of fused-ring (bicyclic) bond motifs is 1. The lowest BCUT2D eigenvalue weighted by Crippen LogP contribution is -2.17. The van der Waals surface area contributed by atoms with E-state index in [0.29, 0.717) is 0 Å². The highest BCUT2D eigenvalue weighted by atomic mass is 15.2. The third kappa shape index (κ3) is 0.669. The molecule has 0 unspecified atom stereocenters. The maximum Gasteiger partial charge on any atom is 0.0949 e. The van der Waals surface area contributed by atoms with E-state index in [0.717, 1.165) is 13.0 Å². The van der Waals surface area contributed by atoms with Crippen molar-refractivity contribution < 1.29 is 0 Å². The quantitative estimate of drug-likeness (QED) is 0.468. The number of allylic oxidation sites excluding steroid dienone is 1. The minimum absolute atomic E-state index is 1.10. The van der Waals surface area contributed by atoms with Crippen LogP contribution in [0, 0.1) is 0 Å². The molecule has 2 rings (SSSR count). The van der Waals surface area contributed by atoms with Crippen molar-refractivity contribution >= 4 is 6.34 Å². The maximum absolute atomic E-state index is 4.00. The van der Waals surface area contributed by atoms with Crippen LogP contribution in [0.4, 0.5) is 0 Å². The first-order valence-corrected chi connectivity index (χ1v) is 3.13. The van der Waals surface area contributed by atoms with E-state index in [2.05, 4.69) is 16.0 Å². The van der Waals surface area contributed by atoms with Crippen molar-refractivity contribution in [1.29, 1.82) is 0 Å². The Bertz CT molecular complexity index is 198. The summed E-state index contributed by atoms with van der Waals surface area (Å²) in [6, 6.07) is 0. The Balaban J connectivity index is 2.33. The zero-order valence-electron chi connectivity index (χ0n) is 5.12. The molecule has 2 aliphatic rings. The molecule has 0 radical (unpaired) electrons. The Morgan fingerprint density at radius 1 is 1.56 bits per heavy atom. The number of aliphatic imine (C=N–C) groups is 1. The van der Waals surface area contributed by atoms with Gasteiger partial charge in [0.2, 0.25) is 0 Å². The van der Waals surface area contributed by atoms with E-state index in [4.69, 9.17) is 0 Å². The zero-order chi connectivity index (χ0) is 6.10. The van der Waals surface area contributed by atoms with Gasteiger partial charge in [0.05, 0.1) is 6.34 Å². The van der Waals surface area contributed by atoms with Gasteiger partial charge < -0.3 is 4.90 Å². The lowest BCUT2D eigenvalue weighted by atomic mass is 10.4. The Hall–Kier alpha value is -1.05. The van der Waals surface area contributed by atoms with Crippen LogP contribution in [0.1, 0.15) is 6.42 Å². The molecule has 2 heteroatoms. The van der Waals surface area contributed by atoms with Crippen LogP contribution in [-0.2, 0) is 0 Å². The first kappa shape index (κ1) is 4.79. The van der Waals surface area contributed by atoms with Crippen LogP contribution in [0.3, 0.4) is 0 Å². The van der Waals surface area contributed by atoms with E-state index in [1.165, 1.54) is 5.70 Å². The summed E-state index contributed by atoms with van der Waals surface area (Å²) in [4.78, 5) is 6.15. The van der Waals surface area contributed by atoms with Crippen LogP contribution >= 0.6 is 0 Å². The fraction of sp³-hybridized carbons (Fsp3) is 0.286. The minimum Gasteiger partial charge on any atom is -0.332 e. The first-order chi connectivity index (χ1) is 4.47. The average Bonchev–Trinajstić information content (AvgIpc) is 2.33. The smallest absolute Gasteiger partial charge is 0.0949 e. The van der Waals surface area contributed by atoms with Gasteiger partial charge in [-0.25, -0.2) is 4.99 Å². The minimum atomic E-state index is 1.10. The lowest BCUT2D eigenvalue weighted by molar-refractivity contribution is 0.587. The molecule has 0 aromatic heterocycles. The van der Waals surface area contributed by atoms with Crippen LogP contribution < -0.4 is 0 Å². The van der Waals surface area contributed by atoms with E-state index in [-0.39, 0.29) is 0 Å². The fourth-order valence-corrected chi connectivity index (χ4v) is 1.12. The maximum atomic E-state index is 4.00. The molecule has 0 amide bonds.